The Balaban J connectivity index is 1.61. The lowest BCUT2D eigenvalue weighted by atomic mass is 10.2. The van der Waals surface area contributed by atoms with Crippen LogP contribution in [0.3, 0.4) is 0 Å². The number of rotatable bonds is 5. The van der Waals surface area contributed by atoms with Gasteiger partial charge in [-0.25, -0.2) is 0 Å². The second-order valence-corrected chi connectivity index (χ2v) is 6.68. The smallest absolute Gasteiger partial charge is 0.247 e. The van der Waals surface area contributed by atoms with Crippen molar-refractivity contribution in [2.45, 2.75) is 20.0 Å². The first-order valence-electron chi connectivity index (χ1n) is 7.37. The van der Waals surface area contributed by atoms with Crippen molar-refractivity contribution >= 4 is 46.5 Å². The highest BCUT2D eigenvalue weighted by atomic mass is 35.5. The van der Waals surface area contributed by atoms with Crippen molar-refractivity contribution in [2.24, 2.45) is 0 Å². The number of nitrogens with zero attached hydrogens (tertiary/aromatic N) is 4. The van der Waals surface area contributed by atoms with E-state index in [4.69, 9.17) is 34.8 Å². The van der Waals surface area contributed by atoms with Crippen LogP contribution in [-0.4, -0.2) is 25.5 Å². The summed E-state index contributed by atoms with van der Waals surface area (Å²) < 4.78 is 3.18. The highest BCUT2D eigenvalue weighted by Gasteiger charge is 2.09. The molecule has 0 aliphatic rings. The van der Waals surface area contributed by atoms with Gasteiger partial charge in [0, 0.05) is 18.5 Å². The molecule has 9 heteroatoms. The van der Waals surface area contributed by atoms with E-state index in [1.807, 2.05) is 6.07 Å². The maximum Gasteiger partial charge on any atom is 0.247 e. The number of hydrogen-bond acceptors (Lipinski definition) is 3. The van der Waals surface area contributed by atoms with Crippen LogP contribution in [0.2, 0.25) is 15.1 Å². The number of carbonyl (C=O) groups excluding carboxylic acids is 1. The Hall–Kier alpha value is -2.02. The number of anilines is 1. The zero-order valence-corrected chi connectivity index (χ0v) is 15.5. The molecule has 3 aromatic rings. The third kappa shape index (κ3) is 4.54. The van der Waals surface area contributed by atoms with Crippen molar-refractivity contribution in [1.82, 2.24) is 19.6 Å². The van der Waals surface area contributed by atoms with E-state index in [2.05, 4.69) is 15.5 Å². The quantitative estimate of drug-likeness (QED) is 0.705. The molecule has 1 aromatic carbocycles. The van der Waals surface area contributed by atoms with E-state index in [1.165, 1.54) is 4.68 Å². The Labute approximate surface area is 159 Å². The number of nitrogens with one attached hydrogen (secondary N) is 1. The monoisotopic (exact) mass is 397 g/mol. The molecule has 2 aromatic heterocycles. The van der Waals surface area contributed by atoms with Crippen molar-refractivity contribution in [2.75, 3.05) is 5.32 Å². The lowest BCUT2D eigenvalue weighted by Gasteiger charge is -2.04. The molecular weight excluding hydrogens is 385 g/mol. The van der Waals surface area contributed by atoms with Crippen molar-refractivity contribution in [3.05, 3.63) is 63.0 Å². The lowest BCUT2D eigenvalue weighted by Crippen LogP contribution is -2.19. The number of halogens is 3. The van der Waals surface area contributed by atoms with Gasteiger partial charge in [-0.05, 0) is 24.6 Å². The summed E-state index contributed by atoms with van der Waals surface area (Å²) in [6.45, 7) is 2.36. The Bertz CT molecular complexity index is 899. The molecule has 0 aliphatic heterocycles. The van der Waals surface area contributed by atoms with Crippen molar-refractivity contribution in [3.8, 4) is 0 Å². The fourth-order valence-electron chi connectivity index (χ4n) is 2.25. The molecule has 6 nitrogen and oxygen atoms in total. The van der Waals surface area contributed by atoms with E-state index >= 15 is 0 Å². The van der Waals surface area contributed by atoms with Gasteiger partial charge >= 0.3 is 0 Å². The molecule has 1 amide bonds. The Morgan fingerprint density at radius 3 is 2.56 bits per heavy atom. The van der Waals surface area contributed by atoms with Crippen LogP contribution in [0.15, 0.2) is 36.7 Å². The average molecular weight is 399 g/mol. The first-order valence-corrected chi connectivity index (χ1v) is 8.51. The van der Waals surface area contributed by atoms with Crippen molar-refractivity contribution in [1.29, 1.82) is 0 Å². The molecule has 25 heavy (non-hydrogen) atoms. The molecule has 0 spiro atoms. The minimum Gasteiger partial charge on any atom is -0.308 e. The highest BCUT2D eigenvalue weighted by molar-refractivity contribution is 6.42. The second-order valence-electron chi connectivity index (χ2n) is 5.46. The molecule has 0 bridgehead atoms. The molecule has 0 atom stereocenters. The van der Waals surface area contributed by atoms with Crippen LogP contribution >= 0.6 is 34.8 Å². The van der Waals surface area contributed by atoms with Crippen LogP contribution in [-0.2, 0) is 17.9 Å². The maximum absolute atomic E-state index is 12.1. The molecule has 2 heterocycles. The molecule has 0 unspecified atom stereocenters. The van der Waals surface area contributed by atoms with E-state index in [9.17, 15) is 4.79 Å². The summed E-state index contributed by atoms with van der Waals surface area (Å²) in [5.74, 6) is 0.221. The predicted molar refractivity (Wildman–Crippen MR) is 98.4 cm³/mol. The Morgan fingerprint density at radius 2 is 1.88 bits per heavy atom. The molecular formula is C16H14Cl3N5O. The zero-order valence-electron chi connectivity index (χ0n) is 13.2. The minimum absolute atomic E-state index is 0.0627. The SMILES string of the molecule is Cc1nn(CC(=O)Nc2ccn(Cc3ccc(Cl)c(Cl)c3)n2)cc1Cl. The highest BCUT2D eigenvalue weighted by Crippen LogP contribution is 2.23. The van der Waals surface area contributed by atoms with Gasteiger partial charge in [-0.2, -0.15) is 10.2 Å². The van der Waals surface area contributed by atoms with Gasteiger partial charge in [0.1, 0.15) is 6.54 Å². The summed E-state index contributed by atoms with van der Waals surface area (Å²) in [4.78, 5) is 12.1. The van der Waals surface area contributed by atoms with Crippen LogP contribution in [0.5, 0.6) is 0 Å². The van der Waals surface area contributed by atoms with E-state index in [-0.39, 0.29) is 12.5 Å². The van der Waals surface area contributed by atoms with E-state index in [0.29, 0.717) is 33.1 Å². The van der Waals surface area contributed by atoms with Gasteiger partial charge in [-0.1, -0.05) is 40.9 Å². The zero-order chi connectivity index (χ0) is 18.0. The second kappa shape index (κ2) is 7.47. The molecule has 3 rings (SSSR count). The van der Waals surface area contributed by atoms with Gasteiger partial charge in [-0.15, -0.1) is 0 Å². The molecule has 0 saturated heterocycles. The molecule has 0 radical (unpaired) electrons. The molecule has 0 fully saturated rings. The fraction of sp³-hybridized carbons (Fsp3) is 0.188. The average Bonchev–Trinajstić information content (AvgIpc) is 3.09. The number of aromatic nitrogens is 4. The van der Waals surface area contributed by atoms with Gasteiger partial charge in [0.2, 0.25) is 5.91 Å². The largest absolute Gasteiger partial charge is 0.308 e. The topological polar surface area (TPSA) is 64.7 Å². The Kier molecular flexibility index (Phi) is 5.32. The number of hydrogen-bond donors (Lipinski definition) is 1. The first kappa shape index (κ1) is 17.8. The van der Waals surface area contributed by atoms with Gasteiger partial charge in [-0.3, -0.25) is 14.2 Å². The van der Waals surface area contributed by atoms with Gasteiger partial charge < -0.3 is 5.32 Å². The maximum atomic E-state index is 12.1. The molecule has 130 valence electrons. The number of aryl methyl sites for hydroxylation is 1. The lowest BCUT2D eigenvalue weighted by molar-refractivity contribution is -0.116. The summed E-state index contributed by atoms with van der Waals surface area (Å²) in [7, 11) is 0. The molecule has 1 N–H and O–H groups in total. The number of benzene rings is 1. The van der Waals surface area contributed by atoms with Crippen LogP contribution in [0.25, 0.3) is 0 Å². The normalized spacial score (nSPS) is 10.9. The van der Waals surface area contributed by atoms with Gasteiger partial charge in [0.05, 0.1) is 27.3 Å². The third-order valence-corrected chi connectivity index (χ3v) is 4.54. The molecule has 0 aliphatic carbocycles. The summed E-state index contributed by atoms with van der Waals surface area (Å²) >= 11 is 17.8. The fourth-order valence-corrected chi connectivity index (χ4v) is 2.72. The van der Waals surface area contributed by atoms with Gasteiger partial charge in [0.25, 0.3) is 0 Å². The van der Waals surface area contributed by atoms with Crippen molar-refractivity contribution in [3.63, 3.8) is 0 Å². The van der Waals surface area contributed by atoms with E-state index < -0.39 is 0 Å². The minimum atomic E-state index is -0.237. The summed E-state index contributed by atoms with van der Waals surface area (Å²) in [5.41, 5.74) is 1.64. The number of carbonyl (C=O) groups is 1. The van der Waals surface area contributed by atoms with E-state index in [0.717, 1.165) is 5.56 Å². The third-order valence-electron chi connectivity index (χ3n) is 3.43. The Morgan fingerprint density at radius 1 is 1.08 bits per heavy atom. The number of amides is 1. The van der Waals surface area contributed by atoms with Crippen LogP contribution in [0.4, 0.5) is 5.82 Å². The van der Waals surface area contributed by atoms with Crippen LogP contribution < -0.4 is 5.32 Å². The van der Waals surface area contributed by atoms with Gasteiger partial charge in [0.15, 0.2) is 5.82 Å². The summed E-state index contributed by atoms with van der Waals surface area (Å²) in [6, 6.07) is 7.12. The summed E-state index contributed by atoms with van der Waals surface area (Å²) in [5, 5.41) is 12.7. The summed E-state index contributed by atoms with van der Waals surface area (Å²) in [6.07, 6.45) is 3.38. The van der Waals surface area contributed by atoms with Crippen molar-refractivity contribution < 1.29 is 4.79 Å². The first-order chi connectivity index (χ1) is 11.9. The van der Waals surface area contributed by atoms with Crippen LogP contribution in [0, 0.1) is 6.92 Å². The predicted octanol–water partition coefficient (Wildman–Crippen LogP) is 4.04. The standard InChI is InChI=1S/C16H14Cl3N5O/c1-10-14(19)8-24(21-10)9-16(25)20-15-4-5-23(22-15)7-11-2-3-12(17)13(18)6-11/h2-6,8H,7,9H2,1H3,(H,20,22,25). The molecule has 0 saturated carbocycles. The van der Waals surface area contributed by atoms with E-state index in [1.54, 1.807) is 42.2 Å². The van der Waals surface area contributed by atoms with Crippen LogP contribution in [0.1, 0.15) is 11.3 Å².